The van der Waals surface area contributed by atoms with Crippen LogP contribution in [0.1, 0.15) is 19.4 Å². The molecule has 0 unspecified atom stereocenters. The number of anilines is 1. The summed E-state index contributed by atoms with van der Waals surface area (Å²) in [6, 6.07) is 7.33. The average molecular weight is 351 g/mol. The van der Waals surface area contributed by atoms with E-state index in [0.29, 0.717) is 11.3 Å². The summed E-state index contributed by atoms with van der Waals surface area (Å²) in [5.41, 5.74) is 0.389. The van der Waals surface area contributed by atoms with E-state index in [1.807, 2.05) is 13.8 Å². The molecule has 1 aromatic rings. The molecule has 1 saturated heterocycles. The average Bonchev–Trinajstić information content (AvgIpc) is 2.48. The fourth-order valence-electron chi connectivity index (χ4n) is 2.36. The van der Waals surface area contributed by atoms with Crippen molar-refractivity contribution in [2.45, 2.75) is 19.4 Å². The highest BCUT2D eigenvalue weighted by atomic mass is 79.9. The van der Waals surface area contributed by atoms with Gasteiger partial charge in [-0.25, -0.2) is 0 Å². The predicted octanol–water partition coefficient (Wildman–Crippen LogP) is 1.94. The standard InChI is InChI=1S/C15H19BrN4O/c1-15(2,20-7-5-18-6-8-20)14(21)19-13-9-12(16)4-3-11(13)10-17/h3-4,9,18H,5-8H2,1-2H3,(H,19,21). The highest BCUT2D eigenvalue weighted by Gasteiger charge is 2.35. The van der Waals surface area contributed by atoms with Crippen LogP contribution < -0.4 is 10.6 Å². The number of amides is 1. The van der Waals surface area contributed by atoms with Crippen molar-refractivity contribution in [2.75, 3.05) is 31.5 Å². The monoisotopic (exact) mass is 350 g/mol. The maximum Gasteiger partial charge on any atom is 0.244 e. The first-order valence-electron chi connectivity index (χ1n) is 6.92. The second-order valence-electron chi connectivity index (χ2n) is 5.55. The molecule has 1 amide bonds. The van der Waals surface area contributed by atoms with Crippen molar-refractivity contribution in [3.8, 4) is 6.07 Å². The van der Waals surface area contributed by atoms with Crippen molar-refractivity contribution < 1.29 is 4.79 Å². The molecule has 0 radical (unpaired) electrons. The molecule has 0 bridgehead atoms. The number of hydrogen-bond donors (Lipinski definition) is 2. The van der Waals surface area contributed by atoms with Crippen LogP contribution in [-0.4, -0.2) is 42.5 Å². The minimum atomic E-state index is -0.614. The first-order valence-corrected chi connectivity index (χ1v) is 7.71. The van der Waals surface area contributed by atoms with E-state index in [2.05, 4.69) is 37.5 Å². The molecule has 2 rings (SSSR count). The van der Waals surface area contributed by atoms with E-state index in [-0.39, 0.29) is 5.91 Å². The molecule has 1 aliphatic heterocycles. The topological polar surface area (TPSA) is 68.2 Å². The maximum absolute atomic E-state index is 12.6. The summed E-state index contributed by atoms with van der Waals surface area (Å²) in [5, 5.41) is 15.3. The molecule has 21 heavy (non-hydrogen) atoms. The van der Waals surface area contributed by atoms with Crippen LogP contribution in [-0.2, 0) is 4.79 Å². The van der Waals surface area contributed by atoms with Gasteiger partial charge in [-0.3, -0.25) is 9.69 Å². The quantitative estimate of drug-likeness (QED) is 0.874. The Balaban J connectivity index is 2.17. The minimum absolute atomic E-state index is 0.0981. The molecule has 0 spiro atoms. The SMILES string of the molecule is CC(C)(C(=O)Nc1cc(Br)ccc1C#N)N1CCNCC1. The number of nitriles is 1. The smallest absolute Gasteiger partial charge is 0.244 e. The zero-order valence-electron chi connectivity index (χ0n) is 12.2. The zero-order chi connectivity index (χ0) is 15.5. The molecule has 6 heteroatoms. The van der Waals surface area contributed by atoms with Crippen molar-refractivity contribution in [1.82, 2.24) is 10.2 Å². The number of hydrogen-bond acceptors (Lipinski definition) is 4. The third-order valence-electron chi connectivity index (χ3n) is 3.81. The van der Waals surface area contributed by atoms with Crippen molar-refractivity contribution >= 4 is 27.5 Å². The molecular formula is C15H19BrN4O. The van der Waals surface area contributed by atoms with Crippen LogP contribution in [0.3, 0.4) is 0 Å². The van der Waals surface area contributed by atoms with Crippen molar-refractivity contribution in [1.29, 1.82) is 5.26 Å². The first kappa shape index (κ1) is 16.0. The molecule has 5 nitrogen and oxygen atoms in total. The molecule has 1 heterocycles. The molecule has 0 aromatic heterocycles. The lowest BCUT2D eigenvalue weighted by atomic mass is 10.00. The summed E-state index contributed by atoms with van der Waals surface area (Å²) < 4.78 is 0.830. The van der Waals surface area contributed by atoms with E-state index < -0.39 is 5.54 Å². The Morgan fingerprint density at radius 3 is 2.71 bits per heavy atom. The highest BCUT2D eigenvalue weighted by molar-refractivity contribution is 9.10. The normalized spacial score (nSPS) is 16.3. The van der Waals surface area contributed by atoms with Gasteiger partial charge in [-0.15, -0.1) is 0 Å². The Hall–Kier alpha value is -1.42. The van der Waals surface area contributed by atoms with Crippen LogP contribution in [0.15, 0.2) is 22.7 Å². The maximum atomic E-state index is 12.6. The number of piperazine rings is 1. The van der Waals surface area contributed by atoms with Crippen LogP contribution in [0.5, 0.6) is 0 Å². The van der Waals surface area contributed by atoms with Gasteiger partial charge in [0.25, 0.3) is 0 Å². The van der Waals surface area contributed by atoms with E-state index in [1.165, 1.54) is 0 Å². The molecule has 1 aliphatic rings. The fourth-order valence-corrected chi connectivity index (χ4v) is 2.72. The molecule has 1 fully saturated rings. The van der Waals surface area contributed by atoms with Gasteiger partial charge in [-0.2, -0.15) is 5.26 Å². The Morgan fingerprint density at radius 2 is 2.10 bits per heavy atom. The van der Waals surface area contributed by atoms with E-state index in [4.69, 9.17) is 5.26 Å². The number of nitrogens with one attached hydrogen (secondary N) is 2. The van der Waals surface area contributed by atoms with Gasteiger partial charge in [-0.05, 0) is 32.0 Å². The van der Waals surface area contributed by atoms with Crippen molar-refractivity contribution in [2.24, 2.45) is 0 Å². The molecule has 0 aliphatic carbocycles. The second-order valence-corrected chi connectivity index (χ2v) is 6.47. The minimum Gasteiger partial charge on any atom is -0.323 e. The van der Waals surface area contributed by atoms with Crippen LogP contribution >= 0.6 is 15.9 Å². The summed E-state index contributed by atoms with van der Waals surface area (Å²) in [6.45, 7) is 7.28. The van der Waals surface area contributed by atoms with E-state index in [0.717, 1.165) is 30.7 Å². The molecule has 112 valence electrons. The Labute approximate surface area is 133 Å². The molecule has 0 saturated carbocycles. The van der Waals surface area contributed by atoms with Crippen molar-refractivity contribution in [3.63, 3.8) is 0 Å². The Kier molecular flexibility index (Phi) is 4.99. The molecule has 0 atom stereocenters. The van der Waals surface area contributed by atoms with Gasteiger partial charge in [-0.1, -0.05) is 15.9 Å². The lowest BCUT2D eigenvalue weighted by molar-refractivity contribution is -0.126. The highest BCUT2D eigenvalue weighted by Crippen LogP contribution is 2.23. The first-order chi connectivity index (χ1) is 9.95. The van der Waals surface area contributed by atoms with Crippen molar-refractivity contribution in [3.05, 3.63) is 28.2 Å². The van der Waals surface area contributed by atoms with Gasteiger partial charge in [0.05, 0.1) is 16.8 Å². The third-order valence-corrected chi connectivity index (χ3v) is 4.31. The fraction of sp³-hybridized carbons (Fsp3) is 0.467. The van der Waals surface area contributed by atoms with Gasteiger partial charge in [0.15, 0.2) is 0 Å². The van der Waals surface area contributed by atoms with E-state index in [1.54, 1.807) is 18.2 Å². The molecular weight excluding hydrogens is 332 g/mol. The number of benzene rings is 1. The summed E-state index contributed by atoms with van der Waals surface area (Å²) in [4.78, 5) is 14.8. The van der Waals surface area contributed by atoms with Crippen LogP contribution in [0.2, 0.25) is 0 Å². The summed E-state index contributed by atoms with van der Waals surface area (Å²) in [6.07, 6.45) is 0. The lowest BCUT2D eigenvalue weighted by Crippen LogP contribution is -2.58. The molecule has 1 aromatic carbocycles. The van der Waals surface area contributed by atoms with Gasteiger partial charge in [0.1, 0.15) is 6.07 Å². The number of carbonyl (C=O) groups excluding carboxylic acids is 1. The van der Waals surface area contributed by atoms with Gasteiger partial charge < -0.3 is 10.6 Å². The van der Waals surface area contributed by atoms with Crippen LogP contribution in [0.4, 0.5) is 5.69 Å². The number of nitrogens with zero attached hydrogens (tertiary/aromatic N) is 2. The second kappa shape index (κ2) is 6.56. The Morgan fingerprint density at radius 1 is 1.43 bits per heavy atom. The number of halogens is 1. The molecule has 2 N–H and O–H groups in total. The van der Waals surface area contributed by atoms with Gasteiger partial charge >= 0.3 is 0 Å². The summed E-state index contributed by atoms with van der Waals surface area (Å²) in [5.74, 6) is -0.0981. The van der Waals surface area contributed by atoms with Gasteiger partial charge in [0, 0.05) is 30.7 Å². The van der Waals surface area contributed by atoms with E-state index in [9.17, 15) is 4.79 Å². The lowest BCUT2D eigenvalue weighted by Gasteiger charge is -2.39. The van der Waals surface area contributed by atoms with Crippen LogP contribution in [0, 0.1) is 11.3 Å². The number of rotatable bonds is 3. The zero-order valence-corrected chi connectivity index (χ0v) is 13.8. The summed E-state index contributed by atoms with van der Waals surface area (Å²) in [7, 11) is 0. The number of carbonyl (C=O) groups is 1. The van der Waals surface area contributed by atoms with E-state index >= 15 is 0 Å². The Bertz CT molecular complexity index is 574. The van der Waals surface area contributed by atoms with Crippen LogP contribution in [0.25, 0.3) is 0 Å². The third kappa shape index (κ3) is 3.62. The largest absolute Gasteiger partial charge is 0.323 e. The summed E-state index contributed by atoms with van der Waals surface area (Å²) >= 11 is 3.36. The predicted molar refractivity (Wildman–Crippen MR) is 86.0 cm³/mol. The van der Waals surface area contributed by atoms with Gasteiger partial charge in [0.2, 0.25) is 5.91 Å².